The van der Waals surface area contributed by atoms with Crippen molar-refractivity contribution in [1.29, 1.82) is 5.26 Å². The van der Waals surface area contributed by atoms with Gasteiger partial charge in [0, 0.05) is 16.2 Å². The van der Waals surface area contributed by atoms with E-state index in [-0.39, 0.29) is 0 Å². The molecule has 1 aliphatic carbocycles. The molecule has 2 nitrogen and oxygen atoms in total. The van der Waals surface area contributed by atoms with E-state index in [9.17, 15) is 0 Å². The summed E-state index contributed by atoms with van der Waals surface area (Å²) in [4.78, 5) is 0. The Morgan fingerprint density at radius 1 is 1.35 bits per heavy atom. The molecule has 0 amide bonds. The Hall–Kier alpha value is -1.01. The summed E-state index contributed by atoms with van der Waals surface area (Å²) >= 11 is 3.42. The molecule has 1 aromatic rings. The summed E-state index contributed by atoms with van der Waals surface area (Å²) in [6.45, 7) is 2.31. The van der Waals surface area contributed by atoms with E-state index in [0.717, 1.165) is 16.1 Å². The van der Waals surface area contributed by atoms with Crippen LogP contribution in [0.4, 0.5) is 5.69 Å². The van der Waals surface area contributed by atoms with Crippen molar-refractivity contribution >= 4 is 21.6 Å². The Labute approximate surface area is 111 Å². The molecule has 2 rings (SSSR count). The van der Waals surface area contributed by atoms with Crippen molar-refractivity contribution in [2.24, 2.45) is 5.92 Å². The number of nitrogens with one attached hydrogen (secondary N) is 1. The SMILES string of the molecule is C[C@H]1CCCC[C@H]1Nc1ccc(C#N)c(Br)c1. The highest BCUT2D eigenvalue weighted by atomic mass is 79.9. The summed E-state index contributed by atoms with van der Waals surface area (Å²) in [5.41, 5.74) is 1.79. The molecule has 0 radical (unpaired) electrons. The van der Waals surface area contributed by atoms with Crippen LogP contribution in [0.1, 0.15) is 38.2 Å². The van der Waals surface area contributed by atoms with Crippen LogP contribution >= 0.6 is 15.9 Å². The Morgan fingerprint density at radius 3 is 2.76 bits per heavy atom. The van der Waals surface area contributed by atoms with Gasteiger partial charge in [-0.3, -0.25) is 0 Å². The predicted molar refractivity (Wildman–Crippen MR) is 73.9 cm³/mol. The van der Waals surface area contributed by atoms with Gasteiger partial charge < -0.3 is 5.32 Å². The second-order valence-corrected chi connectivity index (χ2v) is 5.67. The molecule has 1 saturated carbocycles. The van der Waals surface area contributed by atoms with E-state index in [4.69, 9.17) is 5.26 Å². The third-order valence-electron chi connectivity index (χ3n) is 3.55. The molecular formula is C14H17BrN2. The first-order chi connectivity index (χ1) is 8.20. The van der Waals surface area contributed by atoms with Crippen LogP contribution in [0.5, 0.6) is 0 Å². The van der Waals surface area contributed by atoms with Gasteiger partial charge in [-0.15, -0.1) is 0 Å². The summed E-state index contributed by atoms with van der Waals surface area (Å²) < 4.78 is 0.869. The van der Waals surface area contributed by atoms with Crippen LogP contribution < -0.4 is 5.32 Å². The van der Waals surface area contributed by atoms with Crippen molar-refractivity contribution in [3.8, 4) is 6.07 Å². The van der Waals surface area contributed by atoms with Crippen molar-refractivity contribution in [3.63, 3.8) is 0 Å². The Bertz CT molecular complexity index is 436. The van der Waals surface area contributed by atoms with Crippen LogP contribution in [-0.2, 0) is 0 Å². The summed E-state index contributed by atoms with van der Waals surface area (Å²) in [5, 5.41) is 12.5. The number of anilines is 1. The monoisotopic (exact) mass is 292 g/mol. The number of hydrogen-bond acceptors (Lipinski definition) is 2. The van der Waals surface area contributed by atoms with Gasteiger partial charge in [0.15, 0.2) is 0 Å². The third-order valence-corrected chi connectivity index (χ3v) is 4.21. The molecule has 1 fully saturated rings. The lowest BCUT2D eigenvalue weighted by Gasteiger charge is -2.30. The maximum Gasteiger partial charge on any atom is 0.100 e. The minimum atomic E-state index is 0.573. The highest BCUT2D eigenvalue weighted by Gasteiger charge is 2.20. The van der Waals surface area contributed by atoms with Crippen LogP contribution in [0.15, 0.2) is 22.7 Å². The van der Waals surface area contributed by atoms with E-state index < -0.39 is 0 Å². The van der Waals surface area contributed by atoms with E-state index in [2.05, 4.69) is 34.2 Å². The second kappa shape index (κ2) is 5.55. The number of rotatable bonds is 2. The molecule has 0 saturated heterocycles. The normalized spacial score (nSPS) is 24.1. The van der Waals surface area contributed by atoms with Crippen molar-refractivity contribution in [2.75, 3.05) is 5.32 Å². The fraction of sp³-hybridized carbons (Fsp3) is 0.500. The summed E-state index contributed by atoms with van der Waals surface area (Å²) in [6.07, 6.45) is 5.24. The van der Waals surface area contributed by atoms with Crippen LogP contribution in [0.2, 0.25) is 0 Å². The van der Waals surface area contributed by atoms with E-state index in [1.807, 2.05) is 18.2 Å². The number of nitrogens with zero attached hydrogens (tertiary/aromatic N) is 1. The van der Waals surface area contributed by atoms with Gasteiger partial charge in [0.1, 0.15) is 6.07 Å². The lowest BCUT2D eigenvalue weighted by atomic mass is 9.86. The molecule has 2 atom stereocenters. The van der Waals surface area contributed by atoms with Gasteiger partial charge >= 0.3 is 0 Å². The first kappa shape index (κ1) is 12.4. The Balaban J connectivity index is 2.08. The molecule has 0 aliphatic heterocycles. The number of halogens is 1. The maximum absolute atomic E-state index is 8.87. The lowest BCUT2D eigenvalue weighted by Crippen LogP contribution is -2.30. The average Bonchev–Trinajstić information content (AvgIpc) is 2.32. The topological polar surface area (TPSA) is 35.8 Å². The quantitative estimate of drug-likeness (QED) is 0.882. The van der Waals surface area contributed by atoms with E-state index in [1.165, 1.54) is 25.7 Å². The molecule has 0 spiro atoms. The maximum atomic E-state index is 8.87. The van der Waals surface area contributed by atoms with Gasteiger partial charge in [0.05, 0.1) is 5.56 Å². The molecule has 3 heteroatoms. The molecule has 17 heavy (non-hydrogen) atoms. The zero-order chi connectivity index (χ0) is 12.3. The van der Waals surface area contributed by atoms with Crippen LogP contribution in [0, 0.1) is 17.2 Å². The molecule has 0 aromatic heterocycles. The minimum absolute atomic E-state index is 0.573. The molecular weight excluding hydrogens is 276 g/mol. The molecule has 1 aromatic carbocycles. The van der Waals surface area contributed by atoms with Crippen molar-refractivity contribution in [1.82, 2.24) is 0 Å². The van der Waals surface area contributed by atoms with Gasteiger partial charge in [-0.2, -0.15) is 5.26 Å². The highest BCUT2D eigenvalue weighted by molar-refractivity contribution is 9.10. The number of benzene rings is 1. The van der Waals surface area contributed by atoms with E-state index in [0.29, 0.717) is 11.6 Å². The number of nitriles is 1. The Kier molecular flexibility index (Phi) is 4.06. The third kappa shape index (κ3) is 3.01. The predicted octanol–water partition coefficient (Wildman–Crippen LogP) is 4.31. The van der Waals surface area contributed by atoms with Crippen LogP contribution in [0.3, 0.4) is 0 Å². The highest BCUT2D eigenvalue weighted by Crippen LogP contribution is 2.28. The molecule has 1 aliphatic rings. The zero-order valence-corrected chi connectivity index (χ0v) is 11.6. The van der Waals surface area contributed by atoms with E-state index >= 15 is 0 Å². The van der Waals surface area contributed by atoms with Crippen molar-refractivity contribution < 1.29 is 0 Å². The first-order valence-corrected chi connectivity index (χ1v) is 6.96. The van der Waals surface area contributed by atoms with Crippen molar-refractivity contribution in [3.05, 3.63) is 28.2 Å². The van der Waals surface area contributed by atoms with Gasteiger partial charge in [-0.05, 0) is 52.9 Å². The van der Waals surface area contributed by atoms with Gasteiger partial charge in [-0.1, -0.05) is 19.8 Å². The Morgan fingerprint density at radius 2 is 2.12 bits per heavy atom. The van der Waals surface area contributed by atoms with Gasteiger partial charge in [0.2, 0.25) is 0 Å². The smallest absolute Gasteiger partial charge is 0.100 e. The molecule has 0 bridgehead atoms. The fourth-order valence-corrected chi connectivity index (χ4v) is 2.91. The fourth-order valence-electron chi connectivity index (χ4n) is 2.44. The molecule has 0 heterocycles. The standard InChI is InChI=1S/C14H17BrN2/c1-10-4-2-3-5-14(10)17-12-7-6-11(9-16)13(15)8-12/h6-8,10,14,17H,2-5H2,1H3/t10-,14+/m0/s1. The molecule has 90 valence electrons. The largest absolute Gasteiger partial charge is 0.382 e. The summed E-state index contributed by atoms with van der Waals surface area (Å²) in [5.74, 6) is 0.734. The first-order valence-electron chi connectivity index (χ1n) is 6.17. The summed E-state index contributed by atoms with van der Waals surface area (Å²) in [7, 11) is 0. The van der Waals surface area contributed by atoms with Gasteiger partial charge in [-0.25, -0.2) is 0 Å². The second-order valence-electron chi connectivity index (χ2n) is 4.82. The summed E-state index contributed by atoms with van der Waals surface area (Å²) in [6, 6.07) is 8.58. The average molecular weight is 293 g/mol. The molecule has 1 N–H and O–H groups in total. The number of hydrogen-bond donors (Lipinski definition) is 1. The van der Waals surface area contributed by atoms with Gasteiger partial charge in [0.25, 0.3) is 0 Å². The minimum Gasteiger partial charge on any atom is -0.382 e. The van der Waals surface area contributed by atoms with Crippen LogP contribution in [-0.4, -0.2) is 6.04 Å². The lowest BCUT2D eigenvalue weighted by molar-refractivity contribution is 0.349. The van der Waals surface area contributed by atoms with E-state index in [1.54, 1.807) is 0 Å². The van der Waals surface area contributed by atoms with Crippen molar-refractivity contribution in [2.45, 2.75) is 38.6 Å². The van der Waals surface area contributed by atoms with Crippen LogP contribution in [0.25, 0.3) is 0 Å². The zero-order valence-electron chi connectivity index (χ0n) is 10.0. The molecule has 0 unspecified atom stereocenters.